The lowest BCUT2D eigenvalue weighted by atomic mass is 10.1. The highest BCUT2D eigenvalue weighted by atomic mass is 32.1. The average molecular weight is 244 g/mol. The van der Waals surface area contributed by atoms with Gasteiger partial charge in [-0.3, -0.25) is 9.59 Å². The van der Waals surface area contributed by atoms with Crippen LogP contribution in [0.15, 0.2) is 30.3 Å². The Bertz CT molecular complexity index is 582. The topological polar surface area (TPSA) is 34.1 Å². The van der Waals surface area contributed by atoms with Crippen LogP contribution in [0.3, 0.4) is 0 Å². The highest BCUT2D eigenvalue weighted by Crippen LogP contribution is 2.23. The maximum absolute atomic E-state index is 12.2. The molecule has 0 amide bonds. The maximum Gasteiger partial charge on any atom is 0.202 e. The lowest BCUT2D eigenvalue weighted by Gasteiger charge is -1.99. The summed E-state index contributed by atoms with van der Waals surface area (Å²) >= 11 is 1.37. The Morgan fingerprint density at radius 2 is 2.00 bits per heavy atom. The zero-order valence-corrected chi connectivity index (χ0v) is 10.5. The summed E-state index contributed by atoms with van der Waals surface area (Å²) in [5.41, 5.74) is 2.33. The molecule has 0 unspecified atom stereocenters. The van der Waals surface area contributed by atoms with Gasteiger partial charge in [0.25, 0.3) is 0 Å². The number of hydrogen-bond acceptors (Lipinski definition) is 3. The highest BCUT2D eigenvalue weighted by Gasteiger charge is 2.13. The molecule has 1 aromatic heterocycles. The molecule has 86 valence electrons. The summed E-state index contributed by atoms with van der Waals surface area (Å²) in [5.74, 6) is -0.0186. The molecular formula is C14H12O2S. The van der Waals surface area contributed by atoms with Crippen molar-refractivity contribution in [3.8, 4) is 0 Å². The molecule has 1 heterocycles. The van der Waals surface area contributed by atoms with Gasteiger partial charge in [-0.05, 0) is 26.0 Å². The molecule has 0 bridgehead atoms. The quantitative estimate of drug-likeness (QED) is 0.612. The molecule has 0 aliphatic rings. The van der Waals surface area contributed by atoms with E-state index < -0.39 is 0 Å². The molecular weight excluding hydrogens is 232 g/mol. The van der Waals surface area contributed by atoms with Gasteiger partial charge >= 0.3 is 0 Å². The number of aldehydes is 1. The minimum atomic E-state index is -0.0186. The van der Waals surface area contributed by atoms with E-state index in [1.807, 2.05) is 32.0 Å². The van der Waals surface area contributed by atoms with Crippen molar-refractivity contribution in [3.63, 3.8) is 0 Å². The predicted molar refractivity (Wildman–Crippen MR) is 69.1 cm³/mol. The van der Waals surface area contributed by atoms with Crippen LogP contribution >= 0.6 is 11.3 Å². The van der Waals surface area contributed by atoms with E-state index in [2.05, 4.69) is 0 Å². The molecule has 1 aromatic carbocycles. The molecule has 0 saturated heterocycles. The van der Waals surface area contributed by atoms with Gasteiger partial charge in [0.2, 0.25) is 5.78 Å². The Morgan fingerprint density at radius 3 is 2.59 bits per heavy atom. The molecule has 0 atom stereocenters. The lowest BCUT2D eigenvalue weighted by Crippen LogP contribution is -1.98. The van der Waals surface area contributed by atoms with E-state index in [1.54, 1.807) is 12.1 Å². The van der Waals surface area contributed by atoms with E-state index in [0.717, 1.165) is 16.7 Å². The number of carbonyl (C=O) groups excluding carboxylic acids is 2. The summed E-state index contributed by atoms with van der Waals surface area (Å²) in [6, 6.07) is 9.14. The molecule has 2 nitrogen and oxygen atoms in total. The van der Waals surface area contributed by atoms with Gasteiger partial charge in [0.1, 0.15) is 0 Å². The summed E-state index contributed by atoms with van der Waals surface area (Å²) < 4.78 is 0. The standard InChI is InChI=1S/C14H12O2S/c1-9-4-3-5-11(6-9)14(16)13-7-12(8-15)10(2)17-13/h3-8H,1-2H3. The first-order chi connectivity index (χ1) is 8.11. The molecule has 0 aliphatic carbocycles. The second-order valence-corrected chi connectivity index (χ2v) is 5.19. The Labute approximate surface area is 104 Å². The van der Waals surface area contributed by atoms with Crippen molar-refractivity contribution in [3.05, 3.63) is 56.8 Å². The van der Waals surface area contributed by atoms with Crippen LogP contribution in [0.5, 0.6) is 0 Å². The molecule has 2 aromatic rings. The second kappa shape index (κ2) is 4.63. The first kappa shape index (κ1) is 11.7. The van der Waals surface area contributed by atoms with Gasteiger partial charge < -0.3 is 0 Å². The fourth-order valence-corrected chi connectivity index (χ4v) is 2.60. The first-order valence-electron chi connectivity index (χ1n) is 5.29. The third-order valence-electron chi connectivity index (χ3n) is 2.59. The van der Waals surface area contributed by atoms with E-state index in [1.165, 1.54) is 11.3 Å². The molecule has 0 radical (unpaired) electrons. The Hall–Kier alpha value is -1.74. The van der Waals surface area contributed by atoms with Crippen molar-refractivity contribution in [2.24, 2.45) is 0 Å². The number of ketones is 1. The fourth-order valence-electron chi connectivity index (χ4n) is 1.65. The number of benzene rings is 1. The van der Waals surface area contributed by atoms with Crippen LogP contribution in [0.2, 0.25) is 0 Å². The van der Waals surface area contributed by atoms with Gasteiger partial charge in [0.15, 0.2) is 6.29 Å². The molecule has 17 heavy (non-hydrogen) atoms. The summed E-state index contributed by atoms with van der Waals surface area (Å²) in [4.78, 5) is 24.4. The zero-order valence-electron chi connectivity index (χ0n) is 9.69. The average Bonchev–Trinajstić information content (AvgIpc) is 2.69. The Kier molecular flexibility index (Phi) is 3.20. The summed E-state index contributed by atoms with van der Waals surface area (Å²) in [5, 5.41) is 0. The van der Waals surface area contributed by atoms with E-state index in [4.69, 9.17) is 0 Å². The minimum absolute atomic E-state index is 0.0186. The smallest absolute Gasteiger partial charge is 0.202 e. The molecule has 0 fully saturated rings. The third kappa shape index (κ3) is 2.34. The molecule has 2 rings (SSSR count). The molecule has 0 aliphatic heterocycles. The SMILES string of the molecule is Cc1cccc(C(=O)c2cc(C=O)c(C)s2)c1. The number of carbonyl (C=O) groups is 2. The number of rotatable bonds is 3. The first-order valence-corrected chi connectivity index (χ1v) is 6.10. The van der Waals surface area contributed by atoms with Crippen molar-refractivity contribution < 1.29 is 9.59 Å². The largest absolute Gasteiger partial charge is 0.298 e. The van der Waals surface area contributed by atoms with Crippen LogP contribution < -0.4 is 0 Å². The fraction of sp³-hybridized carbons (Fsp3) is 0.143. The van der Waals surface area contributed by atoms with Gasteiger partial charge in [-0.25, -0.2) is 0 Å². The third-order valence-corrected chi connectivity index (χ3v) is 3.65. The van der Waals surface area contributed by atoms with Crippen molar-refractivity contribution >= 4 is 23.4 Å². The minimum Gasteiger partial charge on any atom is -0.298 e. The molecule has 0 saturated carbocycles. The second-order valence-electron chi connectivity index (χ2n) is 3.94. The van der Waals surface area contributed by atoms with E-state index in [0.29, 0.717) is 16.0 Å². The Morgan fingerprint density at radius 1 is 1.24 bits per heavy atom. The van der Waals surface area contributed by atoms with E-state index in [9.17, 15) is 9.59 Å². The summed E-state index contributed by atoms with van der Waals surface area (Å²) in [6.07, 6.45) is 0.791. The van der Waals surface area contributed by atoms with Crippen LogP contribution in [0.4, 0.5) is 0 Å². The van der Waals surface area contributed by atoms with Crippen molar-refractivity contribution in [1.29, 1.82) is 0 Å². The van der Waals surface area contributed by atoms with Crippen LogP contribution in [0, 0.1) is 13.8 Å². The van der Waals surface area contributed by atoms with Crippen molar-refractivity contribution in [2.75, 3.05) is 0 Å². The van der Waals surface area contributed by atoms with Gasteiger partial charge in [-0.1, -0.05) is 23.8 Å². The van der Waals surface area contributed by atoms with E-state index >= 15 is 0 Å². The summed E-state index contributed by atoms with van der Waals surface area (Å²) in [6.45, 7) is 3.80. The number of hydrogen-bond donors (Lipinski definition) is 0. The van der Waals surface area contributed by atoms with Gasteiger partial charge in [-0.2, -0.15) is 0 Å². The normalized spacial score (nSPS) is 10.2. The highest BCUT2D eigenvalue weighted by molar-refractivity contribution is 7.14. The van der Waals surface area contributed by atoms with Gasteiger partial charge in [0, 0.05) is 16.0 Å². The lowest BCUT2D eigenvalue weighted by molar-refractivity contribution is 0.104. The number of thiophene rings is 1. The summed E-state index contributed by atoms with van der Waals surface area (Å²) in [7, 11) is 0. The maximum atomic E-state index is 12.2. The predicted octanol–water partition coefficient (Wildman–Crippen LogP) is 3.41. The monoisotopic (exact) mass is 244 g/mol. The van der Waals surface area contributed by atoms with Crippen molar-refractivity contribution in [1.82, 2.24) is 0 Å². The van der Waals surface area contributed by atoms with Gasteiger partial charge in [-0.15, -0.1) is 11.3 Å². The van der Waals surface area contributed by atoms with Crippen molar-refractivity contribution in [2.45, 2.75) is 13.8 Å². The Balaban J connectivity index is 2.40. The van der Waals surface area contributed by atoms with Gasteiger partial charge in [0.05, 0.1) is 4.88 Å². The molecule has 0 spiro atoms. The van der Waals surface area contributed by atoms with Crippen LogP contribution in [0.25, 0.3) is 0 Å². The van der Waals surface area contributed by atoms with Crippen LogP contribution in [-0.2, 0) is 0 Å². The van der Waals surface area contributed by atoms with Crippen LogP contribution in [-0.4, -0.2) is 12.1 Å². The van der Waals surface area contributed by atoms with E-state index in [-0.39, 0.29) is 5.78 Å². The molecule has 3 heteroatoms. The van der Waals surface area contributed by atoms with Crippen LogP contribution in [0.1, 0.15) is 36.0 Å². The zero-order chi connectivity index (χ0) is 12.4. The number of aryl methyl sites for hydroxylation is 2. The molecule has 0 N–H and O–H groups in total.